The minimum absolute atomic E-state index is 0.00455. The lowest BCUT2D eigenvalue weighted by atomic mass is 9.33. The number of fused-ring (bicyclic) bond motifs is 7. The van der Waals surface area contributed by atoms with Crippen LogP contribution in [0.3, 0.4) is 0 Å². The summed E-state index contributed by atoms with van der Waals surface area (Å²) in [6.07, 6.45) is 0. The molecule has 1 aromatic heterocycles. The molecule has 288 valence electrons. The molecule has 3 heterocycles. The van der Waals surface area contributed by atoms with Crippen molar-refractivity contribution in [2.24, 2.45) is 0 Å². The van der Waals surface area contributed by atoms with Gasteiger partial charge in [0.05, 0.1) is 5.52 Å². The molecule has 2 nitrogen and oxygen atoms in total. The van der Waals surface area contributed by atoms with Crippen LogP contribution in [0, 0.1) is 12.7 Å². The number of rotatable bonds is 2. The third kappa shape index (κ3) is 5.96. The second kappa shape index (κ2) is 12.2. The summed E-state index contributed by atoms with van der Waals surface area (Å²) in [4.78, 5) is 0. The standard InChI is InChI=1S/C53H56BFN2/c1-30-14-17-33(50(2,3)4)24-38(30)40-26-35(52(8,9)10)28-42-48(40)56-44-22-32(31-15-19-37(55)20-16-31)23-46-47(44)54(42)43-29-36(53(11,12)13)27-41-39-25-34(51(5,6)7)18-21-45(39)57(46)49(41)43/h14-29,56H,1-13H3. The van der Waals surface area contributed by atoms with Gasteiger partial charge in [-0.2, -0.15) is 0 Å². The molecule has 0 radical (unpaired) electrons. The van der Waals surface area contributed by atoms with Crippen LogP contribution in [0.4, 0.5) is 15.8 Å². The fourth-order valence-corrected chi connectivity index (χ4v) is 9.26. The van der Waals surface area contributed by atoms with Crippen molar-refractivity contribution in [2.45, 2.75) is 112 Å². The Bertz CT molecular complexity index is 2810. The molecule has 2 aliphatic rings. The fourth-order valence-electron chi connectivity index (χ4n) is 9.26. The molecule has 0 unspecified atom stereocenters. The van der Waals surface area contributed by atoms with E-state index in [0.29, 0.717) is 0 Å². The zero-order valence-electron chi connectivity index (χ0n) is 36.1. The SMILES string of the molecule is Cc1ccc(C(C)(C)C)cc1-c1cc(C(C)(C)C)cc2c1Nc1cc(-c3ccc(F)cc3)cc3c1B2c1cc(C(C)(C)C)cc2c4cc(C(C)(C)C)ccc4n-3c12. The first-order valence-electron chi connectivity index (χ1n) is 20.7. The van der Waals surface area contributed by atoms with E-state index in [2.05, 4.69) is 173 Å². The number of nitrogens with one attached hydrogen (secondary N) is 1. The topological polar surface area (TPSA) is 17.0 Å². The number of halogens is 1. The van der Waals surface area contributed by atoms with Gasteiger partial charge in [-0.05, 0) is 138 Å². The molecule has 0 bridgehead atoms. The van der Waals surface area contributed by atoms with Crippen molar-refractivity contribution in [3.8, 4) is 27.9 Å². The van der Waals surface area contributed by atoms with Crippen LogP contribution in [0.25, 0.3) is 49.7 Å². The summed E-state index contributed by atoms with van der Waals surface area (Å²) < 4.78 is 16.9. The van der Waals surface area contributed by atoms with Gasteiger partial charge in [-0.3, -0.25) is 0 Å². The lowest BCUT2D eigenvalue weighted by Crippen LogP contribution is -2.59. The Morgan fingerprint density at radius 1 is 0.526 bits per heavy atom. The third-order valence-corrected chi connectivity index (χ3v) is 12.8. The molecular formula is C53H56BFN2. The average molecular weight is 751 g/mol. The van der Waals surface area contributed by atoms with E-state index in [9.17, 15) is 4.39 Å². The van der Waals surface area contributed by atoms with Crippen molar-refractivity contribution in [2.75, 3.05) is 5.32 Å². The largest absolute Gasteiger partial charge is 0.356 e. The van der Waals surface area contributed by atoms with Gasteiger partial charge < -0.3 is 9.88 Å². The van der Waals surface area contributed by atoms with Crippen LogP contribution >= 0.6 is 0 Å². The molecule has 9 rings (SSSR count). The van der Waals surface area contributed by atoms with Gasteiger partial charge in [0.2, 0.25) is 0 Å². The maximum atomic E-state index is 14.4. The van der Waals surface area contributed by atoms with Crippen molar-refractivity contribution in [3.05, 3.63) is 131 Å². The number of hydrogen-bond acceptors (Lipinski definition) is 1. The molecule has 57 heavy (non-hydrogen) atoms. The van der Waals surface area contributed by atoms with Crippen molar-refractivity contribution in [1.29, 1.82) is 0 Å². The lowest BCUT2D eigenvalue weighted by molar-refractivity contribution is 0.589. The molecule has 0 fully saturated rings. The van der Waals surface area contributed by atoms with E-state index < -0.39 is 0 Å². The van der Waals surface area contributed by atoms with E-state index in [1.54, 1.807) is 12.1 Å². The van der Waals surface area contributed by atoms with Crippen LogP contribution in [0.1, 0.15) is 111 Å². The minimum Gasteiger partial charge on any atom is -0.356 e. The van der Waals surface area contributed by atoms with E-state index in [-0.39, 0.29) is 34.2 Å². The van der Waals surface area contributed by atoms with Crippen LogP contribution < -0.4 is 21.7 Å². The van der Waals surface area contributed by atoms with Crippen LogP contribution in [0.2, 0.25) is 0 Å². The van der Waals surface area contributed by atoms with Gasteiger partial charge in [0, 0.05) is 38.9 Å². The highest BCUT2D eigenvalue weighted by molar-refractivity contribution is 7.00. The number of aryl methyl sites for hydroxylation is 1. The zero-order chi connectivity index (χ0) is 40.7. The second-order valence-corrected chi connectivity index (χ2v) is 21.1. The molecule has 1 N–H and O–H groups in total. The van der Waals surface area contributed by atoms with Crippen molar-refractivity contribution < 1.29 is 4.39 Å². The summed E-state index contributed by atoms with van der Waals surface area (Å²) in [5.74, 6) is -0.228. The first-order chi connectivity index (χ1) is 26.6. The highest BCUT2D eigenvalue weighted by Crippen LogP contribution is 2.44. The highest BCUT2D eigenvalue weighted by atomic mass is 19.1. The molecule has 6 aromatic carbocycles. The lowest BCUT2D eigenvalue weighted by Gasteiger charge is -2.37. The van der Waals surface area contributed by atoms with E-state index in [1.165, 1.54) is 88.5 Å². The van der Waals surface area contributed by atoms with Crippen molar-refractivity contribution >= 4 is 56.3 Å². The van der Waals surface area contributed by atoms with Gasteiger partial charge in [-0.15, -0.1) is 0 Å². The molecule has 0 aliphatic carbocycles. The molecule has 0 saturated heterocycles. The predicted molar refractivity (Wildman–Crippen MR) is 246 cm³/mol. The summed E-state index contributed by atoms with van der Waals surface area (Å²) in [7, 11) is 0. The Hall–Kier alpha value is -5.09. The number of aromatic nitrogens is 1. The average Bonchev–Trinajstić information content (AvgIpc) is 3.46. The molecule has 2 aliphatic heterocycles. The maximum absolute atomic E-state index is 14.4. The normalized spacial score (nSPS) is 13.9. The molecule has 4 heteroatoms. The van der Waals surface area contributed by atoms with Crippen LogP contribution in [0.5, 0.6) is 0 Å². The van der Waals surface area contributed by atoms with Crippen molar-refractivity contribution in [1.82, 2.24) is 4.57 Å². The van der Waals surface area contributed by atoms with Gasteiger partial charge in [-0.25, -0.2) is 4.39 Å². The Labute approximate surface area is 339 Å². The summed E-state index contributed by atoms with van der Waals surface area (Å²) in [5.41, 5.74) is 21.0. The number of hydrogen-bond donors (Lipinski definition) is 1. The predicted octanol–water partition coefficient (Wildman–Crippen LogP) is 12.6. The quantitative estimate of drug-likeness (QED) is 0.174. The van der Waals surface area contributed by atoms with Gasteiger partial charge in [-0.1, -0.05) is 132 Å². The molecule has 0 amide bonds. The summed E-state index contributed by atoms with van der Waals surface area (Å²) in [6.45, 7) is 30.1. The van der Waals surface area contributed by atoms with E-state index in [1.807, 2.05) is 12.1 Å². The van der Waals surface area contributed by atoms with Crippen LogP contribution in [-0.2, 0) is 21.7 Å². The van der Waals surface area contributed by atoms with E-state index >= 15 is 0 Å². The van der Waals surface area contributed by atoms with Crippen molar-refractivity contribution in [3.63, 3.8) is 0 Å². The summed E-state index contributed by atoms with van der Waals surface area (Å²) in [6, 6.07) is 35.7. The van der Waals surface area contributed by atoms with Gasteiger partial charge in [0.25, 0.3) is 6.71 Å². The first-order valence-corrected chi connectivity index (χ1v) is 20.7. The van der Waals surface area contributed by atoms with Crippen LogP contribution in [0.15, 0.2) is 97.1 Å². The minimum atomic E-state index is -0.228. The molecule has 0 atom stereocenters. The number of anilines is 2. The summed E-state index contributed by atoms with van der Waals surface area (Å²) in [5, 5.41) is 6.71. The smallest absolute Gasteiger partial charge is 0.252 e. The number of nitrogens with zero attached hydrogens (tertiary/aromatic N) is 1. The highest BCUT2D eigenvalue weighted by Gasteiger charge is 2.42. The van der Waals surface area contributed by atoms with Gasteiger partial charge in [0.15, 0.2) is 0 Å². The van der Waals surface area contributed by atoms with E-state index in [0.717, 1.165) is 16.8 Å². The Kier molecular flexibility index (Phi) is 8.03. The Morgan fingerprint density at radius 3 is 1.74 bits per heavy atom. The molecule has 7 aromatic rings. The van der Waals surface area contributed by atoms with Gasteiger partial charge >= 0.3 is 0 Å². The Balaban J connectivity index is 1.46. The first kappa shape index (κ1) is 37.5. The molecular weight excluding hydrogens is 694 g/mol. The second-order valence-electron chi connectivity index (χ2n) is 21.1. The maximum Gasteiger partial charge on any atom is 0.252 e. The zero-order valence-corrected chi connectivity index (χ0v) is 36.1. The van der Waals surface area contributed by atoms with E-state index in [4.69, 9.17) is 0 Å². The van der Waals surface area contributed by atoms with Crippen LogP contribution in [-0.4, -0.2) is 11.3 Å². The summed E-state index contributed by atoms with van der Waals surface area (Å²) >= 11 is 0. The van der Waals surface area contributed by atoms with Gasteiger partial charge in [0.1, 0.15) is 5.82 Å². The monoisotopic (exact) mass is 750 g/mol. The fraction of sp³-hybridized carbons (Fsp3) is 0.321. The Morgan fingerprint density at radius 2 is 1.09 bits per heavy atom. The molecule has 0 spiro atoms. The third-order valence-electron chi connectivity index (χ3n) is 12.8. The number of benzene rings is 6. The molecule has 0 saturated carbocycles.